The van der Waals surface area contributed by atoms with Crippen LogP contribution in [0.3, 0.4) is 0 Å². The molecule has 2 nitrogen and oxygen atoms in total. The fourth-order valence-electron chi connectivity index (χ4n) is 1.87. The summed E-state index contributed by atoms with van der Waals surface area (Å²) in [4.78, 5) is 2.50. The Morgan fingerprint density at radius 2 is 1.32 bits per heavy atom. The zero-order chi connectivity index (χ0) is 18.8. The molecule has 0 atom stereocenters. The molecular formula is C15H9Cl2F6N2+. The predicted octanol–water partition coefficient (Wildman–Crippen LogP) is 4.88. The Bertz CT molecular complexity index is 800. The Hall–Kier alpha value is -1.93. The first kappa shape index (κ1) is 19.4. The van der Waals surface area contributed by atoms with Gasteiger partial charge < -0.3 is 0 Å². The Kier molecular flexibility index (Phi) is 5.53. The standard InChI is InChI=1S/C15H8Cl2F6N2/c16-12-3-1-8(5-10(12)14(18,19)20)24-7-25-9-2-4-13(17)11(6-9)15(21,22)23/h1-7H,(H,24,25)/p+1. The highest BCUT2D eigenvalue weighted by Gasteiger charge is 2.34. The molecule has 0 spiro atoms. The molecule has 0 aliphatic heterocycles. The molecule has 0 amide bonds. The van der Waals surface area contributed by atoms with E-state index in [-0.39, 0.29) is 11.4 Å². The Morgan fingerprint density at radius 3 is 1.88 bits per heavy atom. The number of hydrogen-bond acceptors (Lipinski definition) is 0. The van der Waals surface area contributed by atoms with Gasteiger partial charge in [-0.25, -0.2) is 10.3 Å². The lowest BCUT2D eigenvalue weighted by atomic mass is 10.2. The van der Waals surface area contributed by atoms with E-state index >= 15 is 0 Å². The molecule has 2 N–H and O–H groups in total. The summed E-state index contributed by atoms with van der Waals surface area (Å²) in [5.41, 5.74) is -1.96. The summed E-state index contributed by atoms with van der Waals surface area (Å²) < 4.78 is 76.5. The van der Waals surface area contributed by atoms with Crippen LogP contribution >= 0.6 is 23.2 Å². The van der Waals surface area contributed by atoms with Gasteiger partial charge in [-0.2, -0.15) is 26.3 Å². The summed E-state index contributed by atoms with van der Waals surface area (Å²) in [7, 11) is 0. The maximum atomic E-state index is 12.8. The molecule has 134 valence electrons. The van der Waals surface area contributed by atoms with Crippen LogP contribution in [0.2, 0.25) is 10.0 Å². The van der Waals surface area contributed by atoms with Gasteiger partial charge in [0.1, 0.15) is 11.4 Å². The molecule has 0 aromatic heterocycles. The van der Waals surface area contributed by atoms with Crippen molar-refractivity contribution in [1.82, 2.24) is 0 Å². The summed E-state index contributed by atoms with van der Waals surface area (Å²) in [6.07, 6.45) is -8.16. The maximum Gasteiger partial charge on any atom is 0.417 e. The van der Waals surface area contributed by atoms with Crippen molar-refractivity contribution in [3.05, 3.63) is 57.6 Å². The third-order valence-corrected chi connectivity index (χ3v) is 3.68. The van der Waals surface area contributed by atoms with Crippen LogP contribution in [0, 0.1) is 0 Å². The number of hydrogen-bond donors (Lipinski definition) is 2. The quantitative estimate of drug-likeness (QED) is 0.427. The van der Waals surface area contributed by atoms with Crippen LogP contribution in [0.4, 0.5) is 37.7 Å². The highest BCUT2D eigenvalue weighted by Crippen LogP contribution is 2.36. The zero-order valence-corrected chi connectivity index (χ0v) is 13.6. The second-order valence-corrected chi connectivity index (χ2v) is 5.63. The van der Waals surface area contributed by atoms with Crippen LogP contribution < -0.4 is 10.3 Å². The molecule has 0 aliphatic rings. The Labute approximate surface area is 148 Å². The van der Waals surface area contributed by atoms with Gasteiger partial charge >= 0.3 is 12.4 Å². The summed E-state index contributed by atoms with van der Waals surface area (Å²) in [6, 6.07) is 6.26. The van der Waals surface area contributed by atoms with Crippen molar-refractivity contribution in [1.29, 1.82) is 0 Å². The second kappa shape index (κ2) is 7.13. The van der Waals surface area contributed by atoms with Gasteiger partial charge in [-0.1, -0.05) is 23.2 Å². The van der Waals surface area contributed by atoms with Crippen LogP contribution in [0.15, 0.2) is 36.4 Å². The first-order chi connectivity index (χ1) is 11.5. The van der Waals surface area contributed by atoms with Crippen LogP contribution in [-0.4, -0.2) is 6.34 Å². The highest BCUT2D eigenvalue weighted by molar-refractivity contribution is 6.31. The first-order valence-electron chi connectivity index (χ1n) is 6.57. The van der Waals surface area contributed by atoms with Crippen molar-refractivity contribution >= 4 is 40.9 Å². The fourth-order valence-corrected chi connectivity index (χ4v) is 2.32. The third-order valence-electron chi connectivity index (χ3n) is 3.02. The van der Waals surface area contributed by atoms with E-state index in [9.17, 15) is 26.3 Å². The number of benzene rings is 2. The number of alkyl halides is 6. The fraction of sp³-hybridized carbons (Fsp3) is 0.133. The van der Waals surface area contributed by atoms with Crippen LogP contribution in [0.1, 0.15) is 11.1 Å². The van der Waals surface area contributed by atoms with E-state index in [1.54, 1.807) is 0 Å². The summed E-state index contributed by atoms with van der Waals surface area (Å²) >= 11 is 11.0. The monoisotopic (exact) mass is 401 g/mol. The molecule has 2 aromatic carbocycles. The van der Waals surface area contributed by atoms with Gasteiger partial charge in [0, 0.05) is 0 Å². The lowest BCUT2D eigenvalue weighted by Crippen LogP contribution is -2.63. The topological polar surface area (TPSA) is 26.0 Å². The van der Waals surface area contributed by atoms with Crippen molar-refractivity contribution in [2.24, 2.45) is 0 Å². The van der Waals surface area contributed by atoms with E-state index in [0.717, 1.165) is 30.6 Å². The van der Waals surface area contributed by atoms with E-state index in [4.69, 9.17) is 23.2 Å². The largest absolute Gasteiger partial charge is 0.417 e. The minimum Gasteiger partial charge on any atom is -0.247 e. The van der Waals surface area contributed by atoms with Gasteiger partial charge in [0.05, 0.1) is 21.2 Å². The molecule has 0 radical (unpaired) electrons. The minimum atomic E-state index is -4.63. The van der Waals surface area contributed by atoms with Crippen LogP contribution in [0.5, 0.6) is 0 Å². The maximum absolute atomic E-state index is 12.8. The lowest BCUT2D eigenvalue weighted by molar-refractivity contribution is -0.347. The summed E-state index contributed by atoms with van der Waals surface area (Å²) in [5, 5.41) is 1.58. The predicted molar refractivity (Wildman–Crippen MR) is 83.2 cm³/mol. The molecule has 0 fully saturated rings. The molecule has 10 heteroatoms. The molecular weight excluding hydrogens is 393 g/mol. The Balaban J connectivity index is 2.20. The average molecular weight is 402 g/mol. The van der Waals surface area contributed by atoms with E-state index < -0.39 is 33.5 Å². The summed E-state index contributed by atoms with van der Waals surface area (Å²) in [6.45, 7) is 0. The Morgan fingerprint density at radius 1 is 0.800 bits per heavy atom. The number of nitrogens with one attached hydrogen (secondary N) is 2. The minimum absolute atomic E-state index is 0.0502. The molecule has 0 unspecified atom stereocenters. The molecule has 2 rings (SSSR count). The van der Waals surface area contributed by atoms with E-state index in [1.165, 1.54) is 12.1 Å². The van der Waals surface area contributed by atoms with Gasteiger partial charge in [-0.3, -0.25) is 0 Å². The van der Waals surface area contributed by atoms with Crippen molar-refractivity contribution in [2.75, 3.05) is 5.32 Å². The molecule has 0 aliphatic carbocycles. The molecule has 0 bridgehead atoms. The van der Waals surface area contributed by atoms with Crippen molar-refractivity contribution in [3.8, 4) is 0 Å². The summed E-state index contributed by atoms with van der Waals surface area (Å²) in [5.74, 6) is 0. The van der Waals surface area contributed by atoms with Crippen LogP contribution in [-0.2, 0) is 12.4 Å². The zero-order valence-electron chi connectivity index (χ0n) is 12.1. The normalized spacial score (nSPS) is 12.6. The average Bonchev–Trinajstić information content (AvgIpc) is 2.48. The SMILES string of the molecule is FC(F)(F)c1cc(NC=[NH+]c2ccc(Cl)c(C(F)(F)F)c2)ccc1Cl. The van der Waals surface area contributed by atoms with Gasteiger partial charge in [0.2, 0.25) is 6.34 Å². The third kappa shape index (κ3) is 5.02. The molecule has 25 heavy (non-hydrogen) atoms. The van der Waals surface area contributed by atoms with Crippen molar-refractivity contribution in [2.45, 2.75) is 12.4 Å². The number of rotatable bonds is 3. The van der Waals surface area contributed by atoms with Crippen molar-refractivity contribution < 1.29 is 31.3 Å². The molecule has 0 saturated heterocycles. The van der Waals surface area contributed by atoms with Gasteiger partial charge in [-0.15, -0.1) is 0 Å². The molecule has 0 saturated carbocycles. The molecule has 2 aromatic rings. The van der Waals surface area contributed by atoms with Gasteiger partial charge in [0.15, 0.2) is 0 Å². The lowest BCUT2D eigenvalue weighted by Gasteiger charge is -2.09. The van der Waals surface area contributed by atoms with Gasteiger partial charge in [-0.05, 0) is 36.4 Å². The molecule has 0 heterocycles. The van der Waals surface area contributed by atoms with E-state index in [1.807, 2.05) is 0 Å². The smallest absolute Gasteiger partial charge is 0.247 e. The van der Waals surface area contributed by atoms with Crippen LogP contribution in [0.25, 0.3) is 0 Å². The number of anilines is 1. The highest BCUT2D eigenvalue weighted by atomic mass is 35.5. The second-order valence-electron chi connectivity index (χ2n) is 4.82. The van der Waals surface area contributed by atoms with Crippen molar-refractivity contribution in [3.63, 3.8) is 0 Å². The van der Waals surface area contributed by atoms with E-state index in [2.05, 4.69) is 10.3 Å². The van der Waals surface area contributed by atoms with E-state index in [0.29, 0.717) is 0 Å². The first-order valence-corrected chi connectivity index (χ1v) is 7.32. The number of halogens is 8. The van der Waals surface area contributed by atoms with Gasteiger partial charge in [0.25, 0.3) is 0 Å².